The number of likely N-dealkylation sites (N-methyl/N-ethyl adjacent to an activating group) is 1. The lowest BCUT2D eigenvalue weighted by molar-refractivity contribution is 0.172. The van der Waals surface area contributed by atoms with E-state index in [1.165, 1.54) is 6.54 Å². The molecule has 0 aromatic carbocycles. The predicted octanol–water partition coefficient (Wildman–Crippen LogP) is 0.720. The third-order valence-electron chi connectivity index (χ3n) is 2.35. The minimum Gasteiger partial charge on any atom is -0.311 e. The summed E-state index contributed by atoms with van der Waals surface area (Å²) in [6.07, 6.45) is 0. The summed E-state index contributed by atoms with van der Waals surface area (Å²) in [4.78, 5) is 2.39. The Hall–Kier alpha value is 0.210. The highest BCUT2D eigenvalue weighted by Gasteiger charge is 2.19. The maximum atomic E-state index is 3.42. The van der Waals surface area contributed by atoms with Crippen molar-refractivity contribution in [2.45, 2.75) is 25.9 Å². The highest BCUT2D eigenvalue weighted by molar-refractivity contribution is 5.85. The van der Waals surface area contributed by atoms with Crippen LogP contribution in [0.4, 0.5) is 0 Å². The first-order valence-corrected chi connectivity index (χ1v) is 3.65. The molecule has 62 valence electrons. The Bertz CT molecular complexity index is 87.6. The minimum atomic E-state index is 0. The van der Waals surface area contributed by atoms with Crippen molar-refractivity contribution in [2.24, 2.45) is 0 Å². The van der Waals surface area contributed by atoms with Crippen LogP contribution >= 0.6 is 12.4 Å². The van der Waals surface area contributed by atoms with Crippen LogP contribution in [0.3, 0.4) is 0 Å². The number of hydrogen-bond acceptors (Lipinski definition) is 2. The third kappa shape index (κ3) is 2.11. The van der Waals surface area contributed by atoms with Crippen molar-refractivity contribution in [3.8, 4) is 0 Å². The zero-order valence-corrected chi connectivity index (χ0v) is 7.74. The molecule has 0 aromatic rings. The Morgan fingerprint density at radius 2 is 2.00 bits per heavy atom. The summed E-state index contributed by atoms with van der Waals surface area (Å²) < 4.78 is 0. The molecule has 1 heterocycles. The van der Waals surface area contributed by atoms with Gasteiger partial charge in [-0.2, -0.15) is 0 Å². The lowest BCUT2D eigenvalue weighted by Crippen LogP contribution is -2.53. The summed E-state index contributed by atoms with van der Waals surface area (Å²) in [5.74, 6) is 0. The molecule has 2 nitrogen and oxygen atoms in total. The Balaban J connectivity index is 0.000000810. The fraction of sp³-hybridized carbons (Fsp3) is 1.00. The Morgan fingerprint density at radius 3 is 2.40 bits per heavy atom. The molecule has 0 spiro atoms. The summed E-state index contributed by atoms with van der Waals surface area (Å²) in [6.45, 7) is 6.82. The molecule has 0 bridgehead atoms. The summed E-state index contributed by atoms with van der Waals surface area (Å²) in [5.41, 5.74) is 0. The molecular formula is C7H17ClN2. The van der Waals surface area contributed by atoms with Crippen LogP contribution in [0.2, 0.25) is 0 Å². The predicted molar refractivity (Wildman–Crippen MR) is 46.8 cm³/mol. The van der Waals surface area contributed by atoms with Crippen molar-refractivity contribution < 1.29 is 0 Å². The van der Waals surface area contributed by atoms with Crippen LogP contribution in [0.15, 0.2) is 0 Å². The minimum absolute atomic E-state index is 0. The summed E-state index contributed by atoms with van der Waals surface area (Å²) in [6, 6.07) is 1.35. The van der Waals surface area contributed by atoms with E-state index in [4.69, 9.17) is 0 Å². The van der Waals surface area contributed by atoms with Crippen molar-refractivity contribution in [1.82, 2.24) is 10.2 Å². The van der Waals surface area contributed by atoms with Gasteiger partial charge in [0.15, 0.2) is 0 Å². The number of rotatable bonds is 0. The zero-order chi connectivity index (χ0) is 6.85. The highest BCUT2D eigenvalue weighted by atomic mass is 35.5. The largest absolute Gasteiger partial charge is 0.311 e. The van der Waals surface area contributed by atoms with Gasteiger partial charge >= 0.3 is 0 Å². The molecule has 1 rings (SSSR count). The lowest BCUT2D eigenvalue weighted by atomic mass is 10.1. The maximum Gasteiger partial charge on any atom is 0.0215 e. The van der Waals surface area contributed by atoms with Gasteiger partial charge in [-0.25, -0.2) is 0 Å². The van der Waals surface area contributed by atoms with Gasteiger partial charge in [-0.15, -0.1) is 12.4 Å². The molecule has 0 radical (unpaired) electrons. The second-order valence-electron chi connectivity index (χ2n) is 2.96. The van der Waals surface area contributed by atoms with Gasteiger partial charge in [-0.05, 0) is 20.9 Å². The standard InChI is InChI=1S/C7H16N2.ClH/c1-6-7(2)9(3)5-4-8-6;/h6-8H,4-5H2,1-3H3;1H/t6-,7+;/m0./s1. The van der Waals surface area contributed by atoms with Gasteiger partial charge < -0.3 is 10.2 Å². The Labute approximate surface area is 69.4 Å². The van der Waals surface area contributed by atoms with E-state index in [1.807, 2.05) is 0 Å². The molecule has 3 heteroatoms. The smallest absolute Gasteiger partial charge is 0.0215 e. The molecule has 0 aliphatic carbocycles. The van der Waals surface area contributed by atoms with Gasteiger partial charge in [0, 0.05) is 25.2 Å². The van der Waals surface area contributed by atoms with Crippen molar-refractivity contribution in [2.75, 3.05) is 20.1 Å². The van der Waals surface area contributed by atoms with E-state index < -0.39 is 0 Å². The Kier molecular flexibility index (Phi) is 4.25. The van der Waals surface area contributed by atoms with Crippen LogP contribution in [-0.2, 0) is 0 Å². The zero-order valence-electron chi connectivity index (χ0n) is 6.92. The molecule has 1 N–H and O–H groups in total. The second kappa shape index (κ2) is 4.16. The molecule has 1 saturated heterocycles. The van der Waals surface area contributed by atoms with Crippen LogP contribution < -0.4 is 5.32 Å². The molecule has 0 aromatic heterocycles. The summed E-state index contributed by atoms with van der Waals surface area (Å²) in [7, 11) is 2.18. The average Bonchev–Trinajstić information content (AvgIpc) is 1.83. The molecular weight excluding hydrogens is 148 g/mol. The number of nitrogens with zero attached hydrogens (tertiary/aromatic N) is 1. The van der Waals surface area contributed by atoms with Gasteiger partial charge in [0.25, 0.3) is 0 Å². The van der Waals surface area contributed by atoms with Crippen LogP contribution in [0.25, 0.3) is 0 Å². The topological polar surface area (TPSA) is 15.3 Å². The van der Waals surface area contributed by atoms with Crippen molar-refractivity contribution in [3.63, 3.8) is 0 Å². The molecule has 1 aliphatic rings. The number of nitrogens with one attached hydrogen (secondary N) is 1. The van der Waals surface area contributed by atoms with E-state index in [1.54, 1.807) is 0 Å². The van der Waals surface area contributed by atoms with Crippen LogP contribution in [0.5, 0.6) is 0 Å². The normalized spacial score (nSPS) is 35.1. The fourth-order valence-corrected chi connectivity index (χ4v) is 1.22. The molecule has 1 aliphatic heterocycles. The molecule has 10 heavy (non-hydrogen) atoms. The first kappa shape index (κ1) is 10.2. The van der Waals surface area contributed by atoms with E-state index in [-0.39, 0.29) is 12.4 Å². The monoisotopic (exact) mass is 164 g/mol. The molecule has 0 saturated carbocycles. The van der Waals surface area contributed by atoms with Gasteiger partial charge in [-0.1, -0.05) is 0 Å². The SMILES string of the molecule is C[C@@H]1NCCN(C)[C@@H]1C.Cl. The highest BCUT2D eigenvalue weighted by Crippen LogP contribution is 2.04. The van der Waals surface area contributed by atoms with E-state index in [0.29, 0.717) is 12.1 Å². The van der Waals surface area contributed by atoms with Gasteiger partial charge in [-0.3, -0.25) is 0 Å². The molecule has 0 unspecified atom stereocenters. The van der Waals surface area contributed by atoms with E-state index in [0.717, 1.165) is 6.54 Å². The molecule has 1 fully saturated rings. The number of hydrogen-bond donors (Lipinski definition) is 1. The lowest BCUT2D eigenvalue weighted by Gasteiger charge is -2.35. The Morgan fingerprint density at radius 1 is 1.40 bits per heavy atom. The number of halogens is 1. The summed E-state index contributed by atoms with van der Waals surface area (Å²) >= 11 is 0. The fourth-order valence-electron chi connectivity index (χ4n) is 1.22. The van der Waals surface area contributed by atoms with Gasteiger partial charge in [0.2, 0.25) is 0 Å². The first-order chi connectivity index (χ1) is 4.22. The average molecular weight is 165 g/mol. The number of piperazine rings is 1. The van der Waals surface area contributed by atoms with E-state index in [9.17, 15) is 0 Å². The van der Waals surface area contributed by atoms with Crippen molar-refractivity contribution in [1.29, 1.82) is 0 Å². The molecule has 2 atom stereocenters. The van der Waals surface area contributed by atoms with Crippen LogP contribution in [0.1, 0.15) is 13.8 Å². The third-order valence-corrected chi connectivity index (χ3v) is 2.35. The van der Waals surface area contributed by atoms with E-state index in [2.05, 4.69) is 31.1 Å². The first-order valence-electron chi connectivity index (χ1n) is 3.65. The van der Waals surface area contributed by atoms with Crippen molar-refractivity contribution in [3.05, 3.63) is 0 Å². The van der Waals surface area contributed by atoms with E-state index >= 15 is 0 Å². The summed E-state index contributed by atoms with van der Waals surface area (Å²) in [5, 5.41) is 3.42. The molecule has 0 amide bonds. The maximum absolute atomic E-state index is 3.42. The van der Waals surface area contributed by atoms with Gasteiger partial charge in [0.05, 0.1) is 0 Å². The second-order valence-corrected chi connectivity index (χ2v) is 2.96. The van der Waals surface area contributed by atoms with Gasteiger partial charge in [0.1, 0.15) is 0 Å². The van der Waals surface area contributed by atoms with Crippen LogP contribution in [-0.4, -0.2) is 37.1 Å². The van der Waals surface area contributed by atoms with Crippen LogP contribution in [0, 0.1) is 0 Å². The van der Waals surface area contributed by atoms with Crippen molar-refractivity contribution >= 4 is 12.4 Å². The quantitative estimate of drug-likeness (QED) is 0.568.